The molecule has 1 saturated carbocycles. The van der Waals surface area contributed by atoms with Crippen molar-refractivity contribution in [1.82, 2.24) is 20.2 Å². The van der Waals surface area contributed by atoms with Gasteiger partial charge >= 0.3 is 0 Å². The van der Waals surface area contributed by atoms with Gasteiger partial charge in [-0.15, -0.1) is 0 Å². The van der Waals surface area contributed by atoms with Crippen LogP contribution in [0.3, 0.4) is 0 Å². The van der Waals surface area contributed by atoms with Crippen molar-refractivity contribution in [3.8, 4) is 5.75 Å². The summed E-state index contributed by atoms with van der Waals surface area (Å²) in [4.78, 5) is 8.94. The van der Waals surface area contributed by atoms with Crippen molar-refractivity contribution in [2.75, 3.05) is 12.4 Å². The molecule has 1 fully saturated rings. The number of aromatic nitrogens is 4. The van der Waals surface area contributed by atoms with Gasteiger partial charge < -0.3 is 10.1 Å². The number of methoxy groups -OCH3 is 1. The maximum atomic E-state index is 5.70. The Morgan fingerprint density at radius 2 is 1.97 bits per heavy atom. The first-order valence-electron chi connectivity index (χ1n) is 12.2. The Labute approximate surface area is 202 Å². The van der Waals surface area contributed by atoms with Crippen LogP contribution in [0.25, 0.3) is 16.6 Å². The molecule has 2 aromatic heterocycles. The molecule has 0 bridgehead atoms. The highest BCUT2D eigenvalue weighted by molar-refractivity contribution is 5.99. The molecular weight excluding hydrogens is 422 g/mol. The zero-order valence-corrected chi connectivity index (χ0v) is 20.5. The van der Waals surface area contributed by atoms with E-state index in [-0.39, 0.29) is 0 Å². The summed E-state index contributed by atoms with van der Waals surface area (Å²) in [7, 11) is 1.70. The van der Waals surface area contributed by atoms with E-state index in [9.17, 15) is 0 Å². The van der Waals surface area contributed by atoms with E-state index in [0.29, 0.717) is 17.4 Å². The third-order valence-corrected chi connectivity index (χ3v) is 6.73. The summed E-state index contributed by atoms with van der Waals surface area (Å²) in [5, 5.41) is 11.9. The molecule has 0 spiro atoms. The number of fused-ring (bicyclic) bond motifs is 1. The van der Waals surface area contributed by atoms with Crippen molar-refractivity contribution < 1.29 is 4.74 Å². The van der Waals surface area contributed by atoms with Gasteiger partial charge in [0.2, 0.25) is 0 Å². The smallest absolute Gasteiger partial charge is 0.186 e. The number of anilines is 2. The molecule has 178 valence electrons. The highest BCUT2D eigenvalue weighted by atomic mass is 16.5. The molecule has 4 rings (SSSR count). The Morgan fingerprint density at radius 3 is 2.68 bits per heavy atom. The number of nitrogens with zero attached hydrogens (tertiary/aromatic N) is 3. The fraction of sp³-hybridized carbons (Fsp3) is 0.393. The maximum absolute atomic E-state index is 5.70. The second kappa shape index (κ2) is 11.1. The summed E-state index contributed by atoms with van der Waals surface area (Å²) in [5.74, 6) is 2.90. The number of allylic oxidation sites excluding steroid dienone is 5. The molecule has 1 aliphatic rings. The molecule has 3 aromatic rings. The van der Waals surface area contributed by atoms with Gasteiger partial charge in [-0.1, -0.05) is 69.6 Å². The predicted octanol–water partition coefficient (Wildman–Crippen LogP) is 7.32. The number of aromatic amines is 1. The molecule has 0 saturated heterocycles. The molecule has 34 heavy (non-hydrogen) atoms. The number of hydrogen-bond acceptors (Lipinski definition) is 5. The number of rotatable bonds is 7. The second-order valence-electron chi connectivity index (χ2n) is 9.13. The monoisotopic (exact) mass is 457 g/mol. The lowest BCUT2D eigenvalue weighted by molar-refractivity contribution is 0.378. The summed E-state index contributed by atoms with van der Waals surface area (Å²) in [6.07, 6.45) is 16.9. The van der Waals surface area contributed by atoms with Crippen LogP contribution in [-0.2, 0) is 0 Å². The van der Waals surface area contributed by atoms with Crippen molar-refractivity contribution >= 4 is 28.1 Å². The lowest BCUT2D eigenvalue weighted by atomic mass is 9.83. The van der Waals surface area contributed by atoms with Crippen molar-refractivity contribution in [1.29, 1.82) is 0 Å². The number of nitrogens with one attached hydrogen (secondary N) is 2. The second-order valence-corrected chi connectivity index (χ2v) is 9.13. The van der Waals surface area contributed by atoms with E-state index in [2.05, 4.69) is 57.2 Å². The van der Waals surface area contributed by atoms with E-state index in [1.807, 2.05) is 25.2 Å². The van der Waals surface area contributed by atoms with Crippen LogP contribution in [0.4, 0.5) is 11.5 Å². The topological polar surface area (TPSA) is 75.7 Å². The zero-order valence-electron chi connectivity index (χ0n) is 20.5. The average molecular weight is 458 g/mol. The van der Waals surface area contributed by atoms with Crippen LogP contribution in [-0.4, -0.2) is 27.3 Å². The molecule has 6 heteroatoms. The number of benzene rings is 1. The van der Waals surface area contributed by atoms with Crippen molar-refractivity contribution in [3.05, 3.63) is 66.7 Å². The van der Waals surface area contributed by atoms with Crippen molar-refractivity contribution in [2.45, 2.75) is 58.3 Å². The average Bonchev–Trinajstić information content (AvgIpc) is 3.26. The Morgan fingerprint density at radius 1 is 1.18 bits per heavy atom. The minimum absolute atomic E-state index is 0.575. The van der Waals surface area contributed by atoms with E-state index >= 15 is 0 Å². The predicted molar refractivity (Wildman–Crippen MR) is 141 cm³/mol. The van der Waals surface area contributed by atoms with Crippen LogP contribution in [0.5, 0.6) is 5.75 Å². The Hall–Kier alpha value is -3.41. The third kappa shape index (κ3) is 5.22. The number of H-pyrrole nitrogens is 1. The SMILES string of the molecule is C=C/C=C(\C=C/C)c1[nH]nc2ncnc(Nc3cc(C4CCCC(C)CCC4)ccc3OC)c12. The molecule has 2 N–H and O–H groups in total. The van der Waals surface area contributed by atoms with Crippen LogP contribution in [0.2, 0.25) is 0 Å². The van der Waals surface area contributed by atoms with Crippen LogP contribution >= 0.6 is 0 Å². The first kappa shape index (κ1) is 23.7. The summed E-state index contributed by atoms with van der Waals surface area (Å²) < 4.78 is 5.70. The van der Waals surface area contributed by atoms with Gasteiger partial charge in [0.15, 0.2) is 5.65 Å². The van der Waals surface area contributed by atoms with E-state index in [1.165, 1.54) is 50.4 Å². The first-order valence-corrected chi connectivity index (χ1v) is 12.2. The van der Waals surface area contributed by atoms with Gasteiger partial charge in [-0.05, 0) is 49.3 Å². The summed E-state index contributed by atoms with van der Waals surface area (Å²) in [6.45, 7) is 8.22. The summed E-state index contributed by atoms with van der Waals surface area (Å²) >= 11 is 0. The standard InChI is InChI=1S/C28H35N5O/c1-5-9-21(10-6-2)26-25-27(29-18-30-28(25)33-32-26)31-23-17-22(15-16-24(23)34-4)20-13-7-11-19(3)12-8-14-20/h5-6,9-10,15-20H,1,7-8,11-14H2,2-4H3,(H2,29,30,31,32,33)/b10-6-,21-9+. The first-order chi connectivity index (χ1) is 16.6. The van der Waals surface area contributed by atoms with Crippen LogP contribution in [0, 0.1) is 5.92 Å². The molecule has 0 radical (unpaired) electrons. The van der Waals surface area contributed by atoms with Crippen LogP contribution < -0.4 is 10.1 Å². The van der Waals surface area contributed by atoms with Gasteiger partial charge in [-0.3, -0.25) is 5.10 Å². The third-order valence-electron chi connectivity index (χ3n) is 6.73. The van der Waals surface area contributed by atoms with Crippen molar-refractivity contribution in [2.24, 2.45) is 5.92 Å². The van der Waals surface area contributed by atoms with Gasteiger partial charge in [0.1, 0.15) is 17.9 Å². The van der Waals surface area contributed by atoms with Crippen molar-refractivity contribution in [3.63, 3.8) is 0 Å². The van der Waals surface area contributed by atoms with E-state index in [1.54, 1.807) is 13.2 Å². The maximum Gasteiger partial charge on any atom is 0.186 e. The fourth-order valence-electron chi connectivity index (χ4n) is 4.94. The van der Waals surface area contributed by atoms with Gasteiger partial charge in [0.25, 0.3) is 0 Å². The number of ether oxygens (including phenoxy) is 1. The molecule has 0 amide bonds. The van der Waals surface area contributed by atoms with Crippen LogP contribution in [0.1, 0.15) is 69.5 Å². The lowest BCUT2D eigenvalue weighted by Gasteiger charge is -2.24. The Bertz CT molecular complexity index is 1180. The Kier molecular flexibility index (Phi) is 7.78. The Balaban J connectivity index is 1.71. The van der Waals surface area contributed by atoms with Gasteiger partial charge in [-0.25, -0.2) is 9.97 Å². The minimum Gasteiger partial charge on any atom is -0.495 e. The van der Waals surface area contributed by atoms with E-state index < -0.39 is 0 Å². The molecule has 1 aliphatic carbocycles. The normalized spacial score (nSPS) is 19.7. The molecular formula is C28H35N5O. The minimum atomic E-state index is 0.575. The molecule has 0 unspecified atom stereocenters. The quantitative estimate of drug-likeness (QED) is 0.363. The highest BCUT2D eigenvalue weighted by Crippen LogP contribution is 2.38. The molecule has 0 aliphatic heterocycles. The van der Waals surface area contributed by atoms with Gasteiger partial charge in [-0.2, -0.15) is 5.10 Å². The highest BCUT2D eigenvalue weighted by Gasteiger charge is 2.19. The van der Waals surface area contributed by atoms with E-state index in [4.69, 9.17) is 4.74 Å². The van der Waals surface area contributed by atoms with Crippen LogP contribution in [0.15, 0.2) is 55.4 Å². The zero-order chi connectivity index (χ0) is 23.9. The largest absolute Gasteiger partial charge is 0.495 e. The number of hydrogen-bond donors (Lipinski definition) is 2. The lowest BCUT2D eigenvalue weighted by Crippen LogP contribution is -2.07. The summed E-state index contributed by atoms with van der Waals surface area (Å²) in [5.41, 5.74) is 4.68. The molecule has 1 aromatic carbocycles. The molecule has 6 nitrogen and oxygen atoms in total. The molecule has 2 heterocycles. The van der Waals surface area contributed by atoms with Gasteiger partial charge in [0.05, 0.1) is 23.9 Å². The summed E-state index contributed by atoms with van der Waals surface area (Å²) in [6, 6.07) is 6.51. The van der Waals surface area contributed by atoms with Gasteiger partial charge in [0, 0.05) is 5.57 Å². The molecule has 0 atom stereocenters. The van der Waals surface area contributed by atoms with E-state index in [0.717, 1.165) is 34.0 Å². The fourth-order valence-corrected chi connectivity index (χ4v) is 4.94.